The van der Waals surface area contributed by atoms with Gasteiger partial charge in [-0.15, -0.1) is 0 Å². The van der Waals surface area contributed by atoms with Crippen molar-refractivity contribution in [1.29, 1.82) is 0 Å². The highest BCUT2D eigenvalue weighted by molar-refractivity contribution is 9.10. The van der Waals surface area contributed by atoms with Gasteiger partial charge in [0.15, 0.2) is 0 Å². The van der Waals surface area contributed by atoms with Gasteiger partial charge in [-0.05, 0) is 28.9 Å². The monoisotopic (exact) mass is 296 g/mol. The van der Waals surface area contributed by atoms with E-state index in [-0.39, 0.29) is 0 Å². The van der Waals surface area contributed by atoms with E-state index in [1.54, 1.807) is 19.2 Å². The molecule has 0 aliphatic carbocycles. The number of rotatable bonds is 3. The number of carbonyl (C=O) groups is 1. The summed E-state index contributed by atoms with van der Waals surface area (Å²) in [5.74, 6) is -0.157. The van der Waals surface area contributed by atoms with Gasteiger partial charge in [0.2, 0.25) is 5.89 Å². The fourth-order valence-corrected chi connectivity index (χ4v) is 1.65. The molecule has 0 saturated carbocycles. The number of esters is 1. The van der Waals surface area contributed by atoms with Crippen LogP contribution < -0.4 is 0 Å². The molecule has 17 heavy (non-hydrogen) atoms. The molecule has 2 rings (SSSR count). The summed E-state index contributed by atoms with van der Waals surface area (Å²) in [5.41, 5.74) is 0.695. The molecule has 2 heterocycles. The summed E-state index contributed by atoms with van der Waals surface area (Å²) >= 11 is 3.26. The van der Waals surface area contributed by atoms with Gasteiger partial charge in [-0.2, -0.15) is 0 Å². The standard InChI is InChI=1S/C11H9BrN2O3/c1-2-16-11(15)8-5-7(12)6-14-9(8)10-13-3-4-17-10/h3-6H,2H2,1H3. The van der Waals surface area contributed by atoms with Gasteiger partial charge >= 0.3 is 5.97 Å². The maximum absolute atomic E-state index is 11.8. The summed E-state index contributed by atoms with van der Waals surface area (Å²) in [6, 6.07) is 1.63. The number of aromatic nitrogens is 2. The van der Waals surface area contributed by atoms with E-state index in [1.165, 1.54) is 12.5 Å². The molecule has 0 radical (unpaired) electrons. The molecular formula is C11H9BrN2O3. The topological polar surface area (TPSA) is 65.2 Å². The smallest absolute Gasteiger partial charge is 0.340 e. The van der Waals surface area contributed by atoms with Crippen molar-refractivity contribution in [2.24, 2.45) is 0 Å². The molecule has 2 aromatic heterocycles. The van der Waals surface area contributed by atoms with Crippen LogP contribution in [0.15, 0.2) is 33.6 Å². The highest BCUT2D eigenvalue weighted by Gasteiger charge is 2.18. The van der Waals surface area contributed by atoms with E-state index in [2.05, 4.69) is 25.9 Å². The zero-order chi connectivity index (χ0) is 12.3. The second-order valence-corrected chi connectivity index (χ2v) is 4.02. The van der Waals surface area contributed by atoms with Crippen molar-refractivity contribution in [3.63, 3.8) is 0 Å². The maximum Gasteiger partial charge on any atom is 0.340 e. The summed E-state index contributed by atoms with van der Waals surface area (Å²) in [4.78, 5) is 19.8. The summed E-state index contributed by atoms with van der Waals surface area (Å²) < 4.78 is 10.8. The Hall–Kier alpha value is -1.69. The minimum Gasteiger partial charge on any atom is -0.462 e. The second kappa shape index (κ2) is 5.09. The molecule has 88 valence electrons. The van der Waals surface area contributed by atoms with Gasteiger partial charge in [0.25, 0.3) is 0 Å². The summed E-state index contributed by atoms with van der Waals surface area (Å²) in [5, 5.41) is 0. The van der Waals surface area contributed by atoms with Crippen molar-refractivity contribution in [1.82, 2.24) is 9.97 Å². The number of pyridine rings is 1. The van der Waals surface area contributed by atoms with E-state index < -0.39 is 5.97 Å². The predicted molar refractivity (Wildman–Crippen MR) is 63.4 cm³/mol. The van der Waals surface area contributed by atoms with Crippen LogP contribution in [0.4, 0.5) is 0 Å². The van der Waals surface area contributed by atoms with Crippen LogP contribution in [-0.2, 0) is 4.74 Å². The Labute approximate surface area is 106 Å². The molecule has 2 aromatic rings. The first kappa shape index (κ1) is 11.8. The minimum absolute atomic E-state index is 0.292. The lowest BCUT2D eigenvalue weighted by Gasteiger charge is -2.05. The van der Waals surface area contributed by atoms with E-state index in [4.69, 9.17) is 9.15 Å². The van der Waals surface area contributed by atoms with E-state index in [9.17, 15) is 4.79 Å². The third kappa shape index (κ3) is 2.52. The molecule has 0 aromatic carbocycles. The first-order valence-electron chi connectivity index (χ1n) is 4.95. The molecule has 0 unspecified atom stereocenters. The van der Waals surface area contributed by atoms with Crippen LogP contribution in [0.3, 0.4) is 0 Å². The van der Waals surface area contributed by atoms with Crippen molar-refractivity contribution < 1.29 is 13.9 Å². The lowest BCUT2D eigenvalue weighted by Crippen LogP contribution is -2.07. The average molecular weight is 297 g/mol. The van der Waals surface area contributed by atoms with Gasteiger partial charge in [0, 0.05) is 10.7 Å². The molecule has 0 amide bonds. The number of ether oxygens (including phenoxy) is 1. The minimum atomic E-state index is -0.450. The zero-order valence-corrected chi connectivity index (χ0v) is 10.6. The fraction of sp³-hybridized carbons (Fsp3) is 0.182. The Morgan fingerprint density at radius 2 is 2.35 bits per heavy atom. The van der Waals surface area contributed by atoms with Crippen molar-refractivity contribution in [2.75, 3.05) is 6.61 Å². The number of hydrogen-bond acceptors (Lipinski definition) is 5. The van der Waals surface area contributed by atoms with Gasteiger partial charge in [0.1, 0.15) is 12.0 Å². The van der Waals surface area contributed by atoms with Gasteiger partial charge in [-0.1, -0.05) is 0 Å². The Kier molecular flexibility index (Phi) is 3.53. The number of hydrogen-bond donors (Lipinski definition) is 0. The Morgan fingerprint density at radius 1 is 1.53 bits per heavy atom. The van der Waals surface area contributed by atoms with Crippen molar-refractivity contribution in [2.45, 2.75) is 6.92 Å². The van der Waals surface area contributed by atoms with E-state index in [1.807, 2.05) is 0 Å². The highest BCUT2D eigenvalue weighted by atomic mass is 79.9. The first-order chi connectivity index (χ1) is 8.22. The Bertz CT molecular complexity index is 526. The highest BCUT2D eigenvalue weighted by Crippen LogP contribution is 2.23. The van der Waals surface area contributed by atoms with E-state index in [0.29, 0.717) is 28.2 Å². The molecule has 0 aliphatic rings. The van der Waals surface area contributed by atoms with Gasteiger partial charge in [-0.3, -0.25) is 0 Å². The SMILES string of the molecule is CCOC(=O)c1cc(Br)cnc1-c1ncco1. The molecule has 0 spiro atoms. The van der Waals surface area contributed by atoms with Crippen LogP contribution >= 0.6 is 15.9 Å². The van der Waals surface area contributed by atoms with Crippen LogP contribution in [0, 0.1) is 0 Å². The van der Waals surface area contributed by atoms with Crippen LogP contribution in [0.25, 0.3) is 11.6 Å². The van der Waals surface area contributed by atoms with Crippen LogP contribution in [0.1, 0.15) is 17.3 Å². The Morgan fingerprint density at radius 3 is 3.00 bits per heavy atom. The number of halogens is 1. The first-order valence-corrected chi connectivity index (χ1v) is 5.74. The van der Waals surface area contributed by atoms with Gasteiger partial charge in [0.05, 0.1) is 18.4 Å². The maximum atomic E-state index is 11.8. The van der Waals surface area contributed by atoms with Crippen molar-refractivity contribution in [3.8, 4) is 11.6 Å². The largest absolute Gasteiger partial charge is 0.462 e. The molecule has 0 fully saturated rings. The van der Waals surface area contributed by atoms with Crippen LogP contribution in [-0.4, -0.2) is 22.5 Å². The lowest BCUT2D eigenvalue weighted by molar-refractivity contribution is 0.0526. The van der Waals surface area contributed by atoms with E-state index in [0.717, 1.165) is 0 Å². The summed E-state index contributed by atoms with van der Waals surface area (Å²) in [6.07, 6.45) is 4.49. The van der Waals surface area contributed by atoms with Crippen LogP contribution in [0.5, 0.6) is 0 Å². The third-order valence-corrected chi connectivity index (χ3v) is 2.42. The lowest BCUT2D eigenvalue weighted by atomic mass is 10.2. The van der Waals surface area contributed by atoms with Gasteiger partial charge in [-0.25, -0.2) is 14.8 Å². The van der Waals surface area contributed by atoms with Crippen LogP contribution in [0.2, 0.25) is 0 Å². The zero-order valence-electron chi connectivity index (χ0n) is 9.01. The molecule has 0 aliphatic heterocycles. The summed E-state index contributed by atoms with van der Waals surface area (Å²) in [7, 11) is 0. The number of nitrogens with zero attached hydrogens (tertiary/aromatic N) is 2. The number of carbonyl (C=O) groups excluding carboxylic acids is 1. The summed E-state index contributed by atoms with van der Waals surface area (Å²) in [6.45, 7) is 2.05. The molecular weight excluding hydrogens is 288 g/mol. The molecule has 0 saturated heterocycles. The molecule has 0 atom stereocenters. The quantitative estimate of drug-likeness (QED) is 0.815. The predicted octanol–water partition coefficient (Wildman–Crippen LogP) is 2.68. The number of oxazole rings is 1. The fourth-order valence-electron chi connectivity index (χ4n) is 1.31. The molecule has 5 nitrogen and oxygen atoms in total. The van der Waals surface area contributed by atoms with Crippen molar-refractivity contribution in [3.05, 3.63) is 34.8 Å². The molecule has 0 bridgehead atoms. The molecule has 6 heteroatoms. The third-order valence-electron chi connectivity index (χ3n) is 1.98. The van der Waals surface area contributed by atoms with Crippen molar-refractivity contribution >= 4 is 21.9 Å². The molecule has 0 N–H and O–H groups in total. The Balaban J connectivity index is 2.48. The average Bonchev–Trinajstić information content (AvgIpc) is 2.82. The van der Waals surface area contributed by atoms with E-state index >= 15 is 0 Å². The normalized spacial score (nSPS) is 10.2. The van der Waals surface area contributed by atoms with Gasteiger partial charge < -0.3 is 9.15 Å². The second-order valence-electron chi connectivity index (χ2n) is 3.11.